The number of alkyl halides is 1. The highest BCUT2D eigenvalue weighted by Gasteiger charge is 2.34. The van der Waals surface area contributed by atoms with Gasteiger partial charge < -0.3 is 25.6 Å². The second kappa shape index (κ2) is 36.9. The van der Waals surface area contributed by atoms with Crippen molar-refractivity contribution in [3.05, 3.63) is 0 Å². The summed E-state index contributed by atoms with van der Waals surface area (Å²) >= 11 is 0. The zero-order valence-electron chi connectivity index (χ0n) is 37.6. The van der Waals surface area contributed by atoms with E-state index in [2.05, 4.69) is 5.32 Å². The van der Waals surface area contributed by atoms with Gasteiger partial charge in [-0.2, -0.15) is 0 Å². The molecule has 5 rings (SSSR count). The fourth-order valence-corrected chi connectivity index (χ4v) is 15.6. The van der Waals surface area contributed by atoms with Crippen LogP contribution >= 0.6 is 86.4 Å². The molecule has 27 heteroatoms. The lowest BCUT2D eigenvalue weighted by molar-refractivity contribution is -0.197. The normalized spacial score (nSPS) is 17.5. The van der Waals surface area contributed by atoms with Crippen molar-refractivity contribution in [1.29, 1.82) is 0 Å². The van der Waals surface area contributed by atoms with E-state index < -0.39 is 60.5 Å². The molecule has 5 aliphatic rings. The molecule has 5 aliphatic heterocycles. The minimum atomic E-state index is -1.00. The summed E-state index contributed by atoms with van der Waals surface area (Å²) in [4.78, 5) is 129. The van der Waals surface area contributed by atoms with Gasteiger partial charge in [-0.05, 0) is 44.1 Å². The molecule has 0 radical (unpaired) electrons. The molecule has 0 aliphatic carbocycles. The Morgan fingerprint density at radius 1 is 0.576 bits per heavy atom. The van der Waals surface area contributed by atoms with Crippen molar-refractivity contribution in [1.82, 2.24) is 20.5 Å². The van der Waals surface area contributed by atoms with Crippen LogP contribution in [0.1, 0.15) is 104 Å². The van der Waals surface area contributed by atoms with Gasteiger partial charge in [-0.25, -0.2) is 14.4 Å². The molecule has 66 heavy (non-hydrogen) atoms. The minimum absolute atomic E-state index is 0.00401. The number of imide groups is 3. The molecule has 0 aromatic rings. The first-order chi connectivity index (χ1) is 32.3. The lowest BCUT2D eigenvalue weighted by atomic mass is 10.1. The smallest absolute Gasteiger partial charge is 0.334 e. The van der Waals surface area contributed by atoms with Crippen molar-refractivity contribution in [2.45, 2.75) is 103 Å². The number of hydroxylamine groups is 6. The van der Waals surface area contributed by atoms with E-state index >= 15 is 0 Å². The molecule has 0 unspecified atom stereocenters. The molecule has 5 fully saturated rings. The molecule has 3 N–H and O–H groups in total. The average molecular weight is 1080 g/mol. The molecule has 5 saturated heterocycles. The molecule has 0 aromatic heterocycles. The van der Waals surface area contributed by atoms with Gasteiger partial charge in [-0.3, -0.25) is 38.0 Å². The van der Waals surface area contributed by atoms with Crippen LogP contribution in [0.15, 0.2) is 0 Å². The number of hydrogen-bond donors (Lipinski definition) is 2. The molecule has 374 valence electrons. The van der Waals surface area contributed by atoms with Crippen LogP contribution in [0.4, 0.5) is 4.39 Å². The van der Waals surface area contributed by atoms with Gasteiger partial charge in [-0.1, -0.05) is 99.2 Å². The third-order valence-corrected chi connectivity index (χ3v) is 19.4. The first-order valence-electron chi connectivity index (χ1n) is 22.0. The standard InChI is InChI=1S/C17H26N2O5S4.C14H16N2O8S2.C7H15NS2.CH3F/c20-14(18-8-2-1-3-13-11-27-28-12-13)6-9-25-26-10-7-17(23)24-19-15(21)4-5-16(19)22;17-9-1-2-10(18)15(9)23-13(21)5-7-25-26-8-6-14(22)24-16-11(19)3-4-12(16)20;8-4-2-1-3-7-5-9-10-6-7;1-2/h13H,1-12H2,(H,18,20);1-8H2;7H,1-6,8H2;1H3/i;;;1D. The second-order valence-corrected chi connectivity index (χ2v) is 24.9. The third-order valence-electron chi connectivity index (χ3n) is 9.15. The Morgan fingerprint density at radius 3 is 1.20 bits per heavy atom. The molecular weight excluding hydrogens is 1020 g/mol. The highest BCUT2D eigenvalue weighted by Crippen LogP contribution is 2.37. The van der Waals surface area contributed by atoms with Crippen molar-refractivity contribution in [3.8, 4) is 0 Å². The number of nitrogens with one attached hydrogen (secondary N) is 1. The van der Waals surface area contributed by atoms with Crippen LogP contribution in [0, 0.1) is 11.8 Å². The SMILES string of the molecule is NCCCCC1CSSC1.O=C(CCSSCCC(=O)ON1C(=O)CCC1=O)NCCCCC1CSSC1.O=C(CCSSCCC(=O)ON1C(=O)CCC1=O)ON1C(=O)CCC1=O.[2H]CF. The predicted octanol–water partition coefficient (Wildman–Crippen LogP) is 6.13. The van der Waals surface area contributed by atoms with Crippen molar-refractivity contribution < 1.29 is 68.2 Å². The average Bonchev–Trinajstić information content (AvgIpc) is 4.17. The van der Waals surface area contributed by atoms with Crippen molar-refractivity contribution >= 4 is 146 Å². The maximum Gasteiger partial charge on any atom is 0.334 e. The highest BCUT2D eigenvalue weighted by molar-refractivity contribution is 8.77. The number of halogens is 1. The van der Waals surface area contributed by atoms with E-state index in [1.54, 1.807) is 0 Å². The molecule has 0 aromatic carbocycles. The first kappa shape index (κ1) is 58.3. The van der Waals surface area contributed by atoms with E-state index in [4.69, 9.17) is 21.6 Å². The highest BCUT2D eigenvalue weighted by atomic mass is 33.1. The van der Waals surface area contributed by atoms with E-state index in [1.165, 1.54) is 98.3 Å². The van der Waals surface area contributed by atoms with Gasteiger partial charge in [0.1, 0.15) is 0 Å². The van der Waals surface area contributed by atoms with Gasteiger partial charge in [0.05, 0.1) is 27.8 Å². The van der Waals surface area contributed by atoms with Crippen LogP contribution in [0.5, 0.6) is 0 Å². The minimum Gasteiger partial charge on any atom is -0.356 e. The summed E-state index contributed by atoms with van der Waals surface area (Å²) < 4.78 is 15.5. The van der Waals surface area contributed by atoms with Gasteiger partial charge in [0.15, 0.2) is 0 Å². The van der Waals surface area contributed by atoms with E-state index in [1.807, 2.05) is 43.2 Å². The quantitative estimate of drug-likeness (QED) is 0.0562. The van der Waals surface area contributed by atoms with Crippen LogP contribution in [0.2, 0.25) is 0 Å². The molecule has 0 atom stereocenters. The zero-order chi connectivity index (χ0) is 49.2. The summed E-state index contributed by atoms with van der Waals surface area (Å²) in [5, 5.41) is 4.51. The summed E-state index contributed by atoms with van der Waals surface area (Å²) in [6.45, 7) is 1.61. The van der Waals surface area contributed by atoms with Gasteiger partial charge in [0.25, 0.3) is 35.4 Å². The Hall–Kier alpha value is -2.01. The molecular formula is C39H60FN5O13S8. The number of nitrogens with zero attached hydrogens (tertiary/aromatic N) is 3. The Kier molecular flexibility index (Phi) is 32.6. The molecule has 0 saturated carbocycles. The Balaban J connectivity index is 0.000000365. The summed E-state index contributed by atoms with van der Waals surface area (Å²) in [6, 6.07) is 0. The zero-order valence-corrected chi connectivity index (χ0v) is 43.1. The van der Waals surface area contributed by atoms with Crippen LogP contribution in [-0.2, 0) is 62.5 Å². The Morgan fingerprint density at radius 2 is 0.879 bits per heavy atom. The number of unbranched alkanes of at least 4 members (excludes halogenated alkanes) is 2. The number of amides is 7. The Bertz CT molecular complexity index is 1520. The van der Waals surface area contributed by atoms with Gasteiger partial charge >= 0.3 is 17.9 Å². The molecule has 0 bridgehead atoms. The fraction of sp³-hybridized carbons (Fsp3) is 0.744. The molecule has 18 nitrogen and oxygen atoms in total. The maximum absolute atomic E-state index is 11.8. The van der Waals surface area contributed by atoms with E-state index in [0.29, 0.717) is 44.6 Å². The summed E-state index contributed by atoms with van der Waals surface area (Å²) in [7, 11) is 12.6. The number of rotatable bonds is 26. The van der Waals surface area contributed by atoms with Crippen molar-refractivity contribution in [2.24, 2.45) is 17.6 Å². The summed E-state index contributed by atoms with van der Waals surface area (Å²) in [5.41, 5.74) is 5.40. The largest absolute Gasteiger partial charge is 0.356 e. The topological polar surface area (TPSA) is 246 Å². The second-order valence-electron chi connectivity index (χ2n) is 14.4. The van der Waals surface area contributed by atoms with E-state index in [-0.39, 0.29) is 63.7 Å². The van der Waals surface area contributed by atoms with Crippen LogP contribution in [0.25, 0.3) is 0 Å². The number of carbonyl (C=O) groups is 10. The number of carbonyl (C=O) groups excluding carboxylic acids is 10. The summed E-state index contributed by atoms with van der Waals surface area (Å²) in [6.07, 6.45) is 8.32. The maximum atomic E-state index is 11.8. The third kappa shape index (κ3) is 26.1. The number of hydrogen-bond acceptors (Lipinski definition) is 22. The monoisotopic (exact) mass is 1080 g/mol. The first-order valence-corrected chi connectivity index (χ1v) is 31.2. The lowest BCUT2D eigenvalue weighted by Crippen LogP contribution is -2.32. The van der Waals surface area contributed by atoms with Crippen LogP contribution in [-0.4, -0.2) is 141 Å². The van der Waals surface area contributed by atoms with E-state index in [0.717, 1.165) is 31.3 Å². The predicted molar refractivity (Wildman–Crippen MR) is 263 cm³/mol. The summed E-state index contributed by atoms with van der Waals surface area (Å²) in [5.74, 6) is 4.02. The van der Waals surface area contributed by atoms with Gasteiger partial charge in [-0.15, -0.1) is 15.2 Å². The van der Waals surface area contributed by atoms with Crippen LogP contribution < -0.4 is 11.1 Å². The molecule has 5 heterocycles. The molecule has 0 spiro atoms. The molecule has 7 amide bonds. The van der Waals surface area contributed by atoms with Gasteiger partial charge in [0, 0.05) is 97.5 Å². The van der Waals surface area contributed by atoms with E-state index in [9.17, 15) is 52.3 Å². The fourth-order valence-electron chi connectivity index (χ4n) is 5.62. The van der Waals surface area contributed by atoms with Crippen LogP contribution in [0.3, 0.4) is 0 Å². The van der Waals surface area contributed by atoms with Crippen molar-refractivity contribution in [2.75, 3.05) is 66.3 Å². The van der Waals surface area contributed by atoms with Gasteiger partial charge in [0.2, 0.25) is 5.91 Å². The number of nitrogens with two attached hydrogens (primary N) is 1. The Labute approximate surface area is 418 Å². The lowest BCUT2D eigenvalue weighted by Gasteiger charge is -2.12. The van der Waals surface area contributed by atoms with Crippen molar-refractivity contribution in [3.63, 3.8) is 0 Å².